The molecule has 344 valence electrons. The molecule has 0 aliphatic carbocycles. The zero-order chi connectivity index (χ0) is 46.7. The van der Waals surface area contributed by atoms with Crippen LogP contribution in [-0.4, -0.2) is 39.5 Å². The largest absolute Gasteiger partial charge is 0.285 e. The Labute approximate surface area is 404 Å². The van der Waals surface area contributed by atoms with Crippen LogP contribution in [-0.2, 0) is 52.4 Å². The van der Waals surface area contributed by atoms with E-state index < -0.39 is 0 Å². The van der Waals surface area contributed by atoms with E-state index in [4.69, 9.17) is 19.9 Å². The highest BCUT2D eigenvalue weighted by Gasteiger charge is 2.24. The van der Waals surface area contributed by atoms with Crippen LogP contribution in [0.4, 0.5) is 0 Å². The summed E-state index contributed by atoms with van der Waals surface area (Å²) >= 11 is 0. The first kappa shape index (κ1) is 46.4. The normalized spacial score (nSPS) is 16.8. The zero-order valence-electron chi connectivity index (χ0n) is 40.0. The monoisotopic (exact) mass is 897 g/mol. The van der Waals surface area contributed by atoms with Gasteiger partial charge in [-0.05, 0) is 98.5 Å². The van der Waals surface area contributed by atoms with Crippen molar-refractivity contribution < 1.29 is 0 Å². The van der Waals surface area contributed by atoms with E-state index in [-0.39, 0.29) is 24.2 Å². The van der Waals surface area contributed by atoms with Gasteiger partial charge in [-0.15, -0.1) is 0 Å². The minimum atomic E-state index is 0.123. The van der Waals surface area contributed by atoms with Gasteiger partial charge in [0.2, 0.25) is 0 Å². The number of fused-ring (bicyclic) bond motifs is 8. The van der Waals surface area contributed by atoms with Gasteiger partial charge in [0.1, 0.15) is 0 Å². The predicted octanol–water partition coefficient (Wildman–Crippen LogP) is 12.6. The zero-order valence-corrected chi connectivity index (χ0v) is 40.0. The maximum atomic E-state index is 5.40. The topological polar surface area (TPSA) is 64.5 Å². The molecule has 0 radical (unpaired) electrons. The quantitative estimate of drug-likeness (QED) is 0.149. The van der Waals surface area contributed by atoms with Crippen LogP contribution >= 0.6 is 0 Å². The van der Waals surface area contributed by atoms with Gasteiger partial charge >= 0.3 is 0 Å². The molecule has 8 heteroatoms. The van der Waals surface area contributed by atoms with E-state index in [0.717, 1.165) is 45.6 Å². The summed E-state index contributed by atoms with van der Waals surface area (Å²) in [6.45, 7) is 14.6. The maximum absolute atomic E-state index is 5.40. The Morgan fingerprint density at radius 3 is 0.559 bits per heavy atom. The first-order valence-electron chi connectivity index (χ1n) is 24.3. The molecule has 68 heavy (non-hydrogen) atoms. The standard InChI is InChI=1S/C60H64N8/c1-45(49-21-9-5-10-22-49)65-37-53-29-17-31-55(61-53)39-66(46(2)50-23-11-6-12-24-50)41-57-33-19-35-59(63-57)43-68(48(4)52-27-15-8-16-28-52)44-60-36-20-34-58(64-60)42-67(47(3)51-25-13-7-14-26-51)40-56-32-18-30-54(38-65)62-56/h5-36,45-48H,37-44H2,1-4H3/t45-,46-,47-,48-/m0/s1. The molecule has 1 aliphatic heterocycles. The van der Waals surface area contributed by atoms with Crippen molar-refractivity contribution in [1.29, 1.82) is 0 Å². The van der Waals surface area contributed by atoms with Crippen molar-refractivity contribution in [3.05, 3.63) is 262 Å². The predicted molar refractivity (Wildman–Crippen MR) is 273 cm³/mol. The molecule has 0 fully saturated rings. The van der Waals surface area contributed by atoms with E-state index in [1.807, 2.05) is 0 Å². The highest BCUT2D eigenvalue weighted by atomic mass is 15.2. The number of pyridine rings is 4. The first-order chi connectivity index (χ1) is 33.3. The van der Waals surface area contributed by atoms with E-state index in [2.05, 4.69) is 241 Å². The van der Waals surface area contributed by atoms with Crippen molar-refractivity contribution in [2.75, 3.05) is 0 Å². The van der Waals surface area contributed by atoms with Crippen molar-refractivity contribution in [2.45, 2.75) is 104 Å². The van der Waals surface area contributed by atoms with Crippen LogP contribution in [0, 0.1) is 0 Å². The van der Waals surface area contributed by atoms with Gasteiger partial charge in [-0.3, -0.25) is 39.5 Å². The highest BCUT2D eigenvalue weighted by molar-refractivity contribution is 5.25. The number of hydrogen-bond acceptors (Lipinski definition) is 8. The molecule has 5 heterocycles. The first-order valence-corrected chi connectivity index (χ1v) is 24.3. The summed E-state index contributed by atoms with van der Waals surface area (Å²) in [7, 11) is 0. The van der Waals surface area contributed by atoms with Crippen molar-refractivity contribution in [1.82, 2.24) is 39.5 Å². The Morgan fingerprint density at radius 1 is 0.235 bits per heavy atom. The van der Waals surface area contributed by atoms with Crippen LogP contribution in [0.5, 0.6) is 0 Å². The van der Waals surface area contributed by atoms with Gasteiger partial charge in [-0.2, -0.15) is 0 Å². The number of nitrogens with zero attached hydrogens (tertiary/aromatic N) is 8. The minimum Gasteiger partial charge on any atom is -0.285 e. The van der Waals surface area contributed by atoms with Crippen molar-refractivity contribution in [3.63, 3.8) is 0 Å². The van der Waals surface area contributed by atoms with Gasteiger partial charge in [0.25, 0.3) is 0 Å². The summed E-state index contributed by atoms with van der Waals surface area (Å²) in [6.07, 6.45) is 0. The Bertz CT molecular complexity index is 2330. The van der Waals surface area contributed by atoms with Gasteiger partial charge in [0.15, 0.2) is 0 Å². The number of hydrogen-bond donors (Lipinski definition) is 0. The van der Waals surface area contributed by atoms with Gasteiger partial charge in [0.05, 0.1) is 45.6 Å². The fraction of sp³-hybridized carbons (Fsp3) is 0.267. The summed E-state index contributed by atoms with van der Waals surface area (Å²) in [5, 5.41) is 0. The van der Waals surface area contributed by atoms with E-state index in [1.54, 1.807) is 0 Å². The molecule has 1 aliphatic rings. The van der Waals surface area contributed by atoms with Crippen LogP contribution in [0.25, 0.3) is 0 Å². The summed E-state index contributed by atoms with van der Waals surface area (Å²) < 4.78 is 0. The van der Waals surface area contributed by atoms with Gasteiger partial charge in [0, 0.05) is 76.5 Å². The molecule has 0 amide bonds. The van der Waals surface area contributed by atoms with Crippen LogP contribution in [0.2, 0.25) is 0 Å². The third-order valence-electron chi connectivity index (χ3n) is 13.7. The fourth-order valence-electron chi connectivity index (χ4n) is 9.57. The smallest absolute Gasteiger partial charge is 0.0548 e. The molecule has 4 aromatic carbocycles. The Kier molecular flexibility index (Phi) is 15.3. The van der Waals surface area contributed by atoms with Crippen LogP contribution in [0.1, 0.15) is 120 Å². The second-order valence-corrected chi connectivity index (χ2v) is 18.4. The average molecular weight is 897 g/mol. The van der Waals surface area contributed by atoms with Crippen LogP contribution in [0.15, 0.2) is 194 Å². The minimum absolute atomic E-state index is 0.123. The lowest BCUT2D eigenvalue weighted by Gasteiger charge is -2.32. The van der Waals surface area contributed by atoms with Crippen molar-refractivity contribution >= 4 is 0 Å². The van der Waals surface area contributed by atoms with E-state index in [0.29, 0.717) is 52.4 Å². The Balaban J connectivity index is 1.12. The lowest BCUT2D eigenvalue weighted by atomic mass is 10.1. The molecule has 0 saturated heterocycles. The van der Waals surface area contributed by atoms with Gasteiger partial charge < -0.3 is 0 Å². The number of benzene rings is 4. The molecule has 8 bridgehead atoms. The van der Waals surface area contributed by atoms with Gasteiger partial charge in [-0.1, -0.05) is 146 Å². The van der Waals surface area contributed by atoms with E-state index in [9.17, 15) is 0 Å². The molecule has 8 aromatic rings. The summed E-state index contributed by atoms with van der Waals surface area (Å²) in [5.74, 6) is 0. The third kappa shape index (κ3) is 12.1. The molecular formula is C60H64N8. The lowest BCUT2D eigenvalue weighted by molar-refractivity contribution is 0.176. The molecule has 9 rings (SSSR count). The van der Waals surface area contributed by atoms with Crippen LogP contribution < -0.4 is 0 Å². The molecule has 4 atom stereocenters. The molecule has 8 nitrogen and oxygen atoms in total. The Hall–Kier alpha value is -6.68. The van der Waals surface area contributed by atoms with Crippen molar-refractivity contribution in [2.24, 2.45) is 0 Å². The SMILES string of the molecule is C[C@@H](c1ccccc1)N1Cc2cccc(n2)CN([C@@H](C)c2ccccc2)Cc2cccc(n2)CN([C@@H](C)c2ccccc2)Cc2cccc(n2)CN([C@@H](C)c2ccccc2)Cc2cccc(n2)C1. The maximum Gasteiger partial charge on any atom is 0.0548 e. The summed E-state index contributed by atoms with van der Waals surface area (Å²) in [4.78, 5) is 31.6. The Morgan fingerprint density at radius 2 is 0.397 bits per heavy atom. The molecule has 0 unspecified atom stereocenters. The van der Waals surface area contributed by atoms with E-state index in [1.165, 1.54) is 22.3 Å². The molecular weight excluding hydrogens is 833 g/mol. The summed E-state index contributed by atoms with van der Waals surface area (Å²) in [5.41, 5.74) is 13.3. The molecule has 0 N–H and O–H groups in total. The molecule has 4 aromatic heterocycles. The fourth-order valence-corrected chi connectivity index (χ4v) is 9.57. The lowest BCUT2D eigenvalue weighted by Crippen LogP contribution is -2.30. The number of rotatable bonds is 8. The second kappa shape index (κ2) is 22.4. The van der Waals surface area contributed by atoms with Crippen LogP contribution in [0.3, 0.4) is 0 Å². The number of aromatic nitrogens is 4. The molecule has 0 saturated carbocycles. The molecule has 0 spiro atoms. The van der Waals surface area contributed by atoms with E-state index >= 15 is 0 Å². The highest BCUT2D eigenvalue weighted by Crippen LogP contribution is 2.30. The third-order valence-corrected chi connectivity index (χ3v) is 13.7. The average Bonchev–Trinajstić information content (AvgIpc) is 3.38. The van der Waals surface area contributed by atoms with Gasteiger partial charge in [-0.25, -0.2) is 0 Å². The van der Waals surface area contributed by atoms with Crippen molar-refractivity contribution in [3.8, 4) is 0 Å². The summed E-state index contributed by atoms with van der Waals surface area (Å²) in [6, 6.07) is 69.8. The second-order valence-electron chi connectivity index (χ2n) is 18.4.